The topological polar surface area (TPSA) is 66.5 Å². The van der Waals surface area contributed by atoms with Gasteiger partial charge in [-0.15, -0.1) is 0 Å². The highest BCUT2D eigenvalue weighted by atomic mass is 35.5. The van der Waals surface area contributed by atoms with Crippen LogP contribution in [0, 0.1) is 5.82 Å². The van der Waals surface area contributed by atoms with Crippen LogP contribution in [0.1, 0.15) is 6.42 Å². The van der Waals surface area contributed by atoms with E-state index in [0.29, 0.717) is 5.69 Å². The third-order valence-corrected chi connectivity index (χ3v) is 4.67. The first-order valence-corrected chi connectivity index (χ1v) is 9.27. The van der Waals surface area contributed by atoms with Gasteiger partial charge in [-0.1, -0.05) is 29.8 Å². The summed E-state index contributed by atoms with van der Waals surface area (Å²) in [6.07, 6.45) is 0.955. The minimum absolute atomic E-state index is 0.0586. The summed E-state index contributed by atoms with van der Waals surface area (Å²) in [6.45, 7) is -0.0839. The molecule has 0 aromatic heterocycles. The number of rotatable bonds is 6. The summed E-state index contributed by atoms with van der Waals surface area (Å²) < 4.78 is 38.2. The van der Waals surface area contributed by atoms with Gasteiger partial charge in [-0.2, -0.15) is 0 Å². The molecule has 0 aliphatic rings. The molecule has 0 aliphatic carbocycles. The molecule has 5 nitrogen and oxygen atoms in total. The number of sulfonamides is 1. The molecule has 0 aliphatic heterocycles. The Morgan fingerprint density at radius 1 is 1.21 bits per heavy atom. The predicted molar refractivity (Wildman–Crippen MR) is 93.3 cm³/mol. The number of para-hydroxylation sites is 1. The Kier molecular flexibility index (Phi) is 5.80. The fraction of sp³-hybridized carbons (Fsp3) is 0.188. The molecule has 0 heterocycles. The maximum atomic E-state index is 13.3. The molecule has 0 radical (unpaired) electrons. The van der Waals surface area contributed by atoms with Crippen LogP contribution >= 0.6 is 11.6 Å². The molecule has 1 N–H and O–H groups in total. The standard InChI is InChI=1S/C16H16ClFN2O3S/c1-24(22,23)20(13-7-8-15(18)14(17)11-13)10-9-16(21)19-12-5-3-2-4-6-12/h2-8,11H,9-10H2,1H3,(H,19,21). The summed E-state index contributed by atoms with van der Waals surface area (Å²) in [7, 11) is -3.64. The van der Waals surface area contributed by atoms with Gasteiger partial charge in [0.1, 0.15) is 5.82 Å². The Balaban J connectivity index is 2.10. The van der Waals surface area contributed by atoms with Crippen LogP contribution in [0.2, 0.25) is 5.02 Å². The molecular formula is C16H16ClFN2O3S. The van der Waals surface area contributed by atoms with Crippen molar-refractivity contribution in [3.63, 3.8) is 0 Å². The maximum absolute atomic E-state index is 13.3. The average Bonchev–Trinajstić information content (AvgIpc) is 2.50. The molecule has 2 aromatic carbocycles. The largest absolute Gasteiger partial charge is 0.326 e. The quantitative estimate of drug-likeness (QED) is 0.848. The minimum Gasteiger partial charge on any atom is -0.326 e. The number of carbonyl (C=O) groups is 1. The smallest absolute Gasteiger partial charge is 0.232 e. The molecule has 2 aromatic rings. The second-order valence-electron chi connectivity index (χ2n) is 5.10. The Bertz CT molecular complexity index is 828. The van der Waals surface area contributed by atoms with Gasteiger partial charge in [0.2, 0.25) is 15.9 Å². The minimum atomic E-state index is -3.64. The van der Waals surface area contributed by atoms with E-state index in [1.54, 1.807) is 24.3 Å². The van der Waals surface area contributed by atoms with Gasteiger partial charge in [0.05, 0.1) is 17.0 Å². The van der Waals surface area contributed by atoms with Gasteiger partial charge in [0.25, 0.3) is 0 Å². The summed E-state index contributed by atoms with van der Waals surface area (Å²) >= 11 is 5.70. The second-order valence-corrected chi connectivity index (χ2v) is 7.41. The van der Waals surface area contributed by atoms with E-state index in [0.717, 1.165) is 16.6 Å². The van der Waals surface area contributed by atoms with Gasteiger partial charge in [-0.25, -0.2) is 12.8 Å². The first kappa shape index (κ1) is 18.2. The van der Waals surface area contributed by atoms with Crippen molar-refractivity contribution in [2.75, 3.05) is 22.4 Å². The lowest BCUT2D eigenvalue weighted by atomic mass is 10.3. The van der Waals surface area contributed by atoms with Crippen molar-refractivity contribution in [3.05, 3.63) is 59.4 Å². The van der Waals surface area contributed by atoms with Crippen LogP contribution < -0.4 is 9.62 Å². The number of halogens is 2. The van der Waals surface area contributed by atoms with Crippen LogP contribution in [-0.2, 0) is 14.8 Å². The number of hydrogen-bond acceptors (Lipinski definition) is 3. The van der Waals surface area contributed by atoms with Crippen molar-refractivity contribution in [2.45, 2.75) is 6.42 Å². The Hall–Kier alpha value is -2.12. The highest BCUT2D eigenvalue weighted by Gasteiger charge is 2.19. The van der Waals surface area contributed by atoms with Crippen LogP contribution in [-0.4, -0.2) is 27.1 Å². The van der Waals surface area contributed by atoms with Gasteiger partial charge < -0.3 is 5.32 Å². The van der Waals surface area contributed by atoms with Crippen LogP contribution in [0.5, 0.6) is 0 Å². The monoisotopic (exact) mass is 370 g/mol. The van der Waals surface area contributed by atoms with Gasteiger partial charge in [-0.05, 0) is 30.3 Å². The molecule has 1 amide bonds. The predicted octanol–water partition coefficient (Wildman–Crippen LogP) is 3.27. The van der Waals surface area contributed by atoms with Crippen LogP contribution in [0.3, 0.4) is 0 Å². The molecule has 0 unspecified atom stereocenters. The highest BCUT2D eigenvalue weighted by molar-refractivity contribution is 7.92. The molecule has 128 valence electrons. The number of hydrogen-bond donors (Lipinski definition) is 1. The van der Waals surface area contributed by atoms with E-state index in [-0.39, 0.29) is 29.6 Å². The summed E-state index contributed by atoms with van der Waals surface area (Å²) in [4.78, 5) is 12.0. The number of anilines is 2. The van der Waals surface area contributed by atoms with Crippen molar-refractivity contribution in [1.82, 2.24) is 0 Å². The third-order valence-electron chi connectivity index (χ3n) is 3.19. The van der Waals surface area contributed by atoms with Gasteiger partial charge in [-0.3, -0.25) is 9.10 Å². The zero-order valence-electron chi connectivity index (χ0n) is 12.9. The van der Waals surface area contributed by atoms with E-state index >= 15 is 0 Å². The van der Waals surface area contributed by atoms with Crippen LogP contribution in [0.4, 0.5) is 15.8 Å². The Morgan fingerprint density at radius 3 is 2.46 bits per heavy atom. The van der Waals surface area contributed by atoms with Crippen LogP contribution in [0.15, 0.2) is 48.5 Å². The summed E-state index contributed by atoms with van der Waals surface area (Å²) in [6, 6.07) is 12.4. The summed E-state index contributed by atoms with van der Waals surface area (Å²) in [5.74, 6) is -0.973. The number of nitrogens with one attached hydrogen (secondary N) is 1. The lowest BCUT2D eigenvalue weighted by Crippen LogP contribution is -2.33. The lowest BCUT2D eigenvalue weighted by molar-refractivity contribution is -0.116. The van der Waals surface area contributed by atoms with E-state index in [2.05, 4.69) is 5.32 Å². The molecule has 0 spiro atoms. The van der Waals surface area contributed by atoms with Crippen molar-refractivity contribution >= 4 is 38.9 Å². The highest BCUT2D eigenvalue weighted by Crippen LogP contribution is 2.24. The molecule has 8 heteroatoms. The average molecular weight is 371 g/mol. The maximum Gasteiger partial charge on any atom is 0.232 e. The van der Waals surface area contributed by atoms with E-state index in [1.807, 2.05) is 6.07 Å². The molecular weight excluding hydrogens is 355 g/mol. The fourth-order valence-electron chi connectivity index (χ4n) is 2.07. The van der Waals surface area contributed by atoms with Crippen LogP contribution in [0.25, 0.3) is 0 Å². The molecule has 0 saturated heterocycles. The zero-order chi connectivity index (χ0) is 17.7. The molecule has 0 fully saturated rings. The van der Waals surface area contributed by atoms with E-state index in [4.69, 9.17) is 11.6 Å². The van der Waals surface area contributed by atoms with E-state index in [9.17, 15) is 17.6 Å². The number of benzene rings is 2. The fourth-order valence-corrected chi connectivity index (χ4v) is 3.17. The number of carbonyl (C=O) groups excluding carboxylic acids is 1. The van der Waals surface area contributed by atoms with E-state index in [1.165, 1.54) is 12.1 Å². The first-order chi connectivity index (χ1) is 11.3. The normalized spacial score (nSPS) is 11.1. The summed E-state index contributed by atoms with van der Waals surface area (Å²) in [5, 5.41) is 2.49. The SMILES string of the molecule is CS(=O)(=O)N(CCC(=O)Nc1ccccc1)c1ccc(F)c(Cl)c1. The molecule has 2 rings (SSSR count). The van der Waals surface area contributed by atoms with Crippen molar-refractivity contribution in [1.29, 1.82) is 0 Å². The number of nitrogens with zero attached hydrogens (tertiary/aromatic N) is 1. The molecule has 0 atom stereocenters. The van der Waals surface area contributed by atoms with Gasteiger partial charge in [0.15, 0.2) is 0 Å². The Labute approximate surface area is 145 Å². The van der Waals surface area contributed by atoms with Crippen molar-refractivity contribution in [2.24, 2.45) is 0 Å². The lowest BCUT2D eigenvalue weighted by Gasteiger charge is -2.22. The molecule has 24 heavy (non-hydrogen) atoms. The first-order valence-electron chi connectivity index (χ1n) is 7.05. The molecule has 0 saturated carbocycles. The Morgan fingerprint density at radius 2 is 1.88 bits per heavy atom. The number of amides is 1. The second kappa shape index (κ2) is 7.63. The van der Waals surface area contributed by atoms with Crippen molar-refractivity contribution in [3.8, 4) is 0 Å². The van der Waals surface area contributed by atoms with Gasteiger partial charge in [0, 0.05) is 18.7 Å². The van der Waals surface area contributed by atoms with Crippen molar-refractivity contribution < 1.29 is 17.6 Å². The molecule has 0 bridgehead atoms. The van der Waals surface area contributed by atoms with E-state index < -0.39 is 15.8 Å². The van der Waals surface area contributed by atoms with Gasteiger partial charge >= 0.3 is 0 Å². The zero-order valence-corrected chi connectivity index (χ0v) is 14.4. The summed E-state index contributed by atoms with van der Waals surface area (Å²) in [5.41, 5.74) is 0.828. The third kappa shape index (κ3) is 4.94.